The molecule has 1 aromatic rings. The number of methoxy groups -OCH3 is 1. The van der Waals surface area contributed by atoms with Crippen LogP contribution in [0.5, 0.6) is 5.75 Å². The lowest BCUT2D eigenvalue weighted by atomic mass is 9.75. The molecule has 0 atom stereocenters. The van der Waals surface area contributed by atoms with Crippen LogP contribution in [0.2, 0.25) is 0 Å². The standard InChI is InChI=1S/C18H26N2O/c1-18(2)9-7-16(8-10-18)20(3)13-14-5-6-15(12-19)17(11-14)21-4/h5-6,11,16H,7-10,13H2,1-4H3. The average molecular weight is 286 g/mol. The molecular formula is C18H26N2O. The van der Waals surface area contributed by atoms with Gasteiger partial charge in [0.05, 0.1) is 12.7 Å². The van der Waals surface area contributed by atoms with Crippen LogP contribution in [0.3, 0.4) is 0 Å². The van der Waals surface area contributed by atoms with Crippen molar-refractivity contribution in [3.8, 4) is 11.8 Å². The van der Waals surface area contributed by atoms with Gasteiger partial charge in [0.15, 0.2) is 0 Å². The Balaban J connectivity index is 2.00. The lowest BCUT2D eigenvalue weighted by molar-refractivity contribution is 0.123. The summed E-state index contributed by atoms with van der Waals surface area (Å²) in [6.07, 6.45) is 5.16. The third kappa shape index (κ3) is 3.98. The normalized spacial score (nSPS) is 18.5. The van der Waals surface area contributed by atoms with Crippen LogP contribution in [0.4, 0.5) is 0 Å². The number of nitriles is 1. The molecule has 0 heterocycles. The van der Waals surface area contributed by atoms with E-state index in [0.29, 0.717) is 22.8 Å². The molecule has 0 spiro atoms. The molecule has 1 aromatic carbocycles. The first-order valence-electron chi connectivity index (χ1n) is 7.72. The number of hydrogen-bond acceptors (Lipinski definition) is 3. The third-order valence-electron chi connectivity index (χ3n) is 4.75. The van der Waals surface area contributed by atoms with Crippen LogP contribution in [0.1, 0.15) is 50.7 Å². The largest absolute Gasteiger partial charge is 0.495 e. The molecule has 0 unspecified atom stereocenters. The summed E-state index contributed by atoms with van der Waals surface area (Å²) < 4.78 is 5.29. The topological polar surface area (TPSA) is 36.3 Å². The van der Waals surface area contributed by atoms with Crippen LogP contribution in [-0.4, -0.2) is 25.1 Å². The smallest absolute Gasteiger partial charge is 0.136 e. The predicted molar refractivity (Wildman–Crippen MR) is 85.2 cm³/mol. The average Bonchev–Trinajstić information content (AvgIpc) is 2.46. The maximum atomic E-state index is 9.03. The number of benzene rings is 1. The van der Waals surface area contributed by atoms with Crippen molar-refractivity contribution in [1.29, 1.82) is 5.26 Å². The Bertz CT molecular complexity index is 521. The summed E-state index contributed by atoms with van der Waals surface area (Å²) >= 11 is 0. The van der Waals surface area contributed by atoms with Crippen molar-refractivity contribution in [1.82, 2.24) is 4.90 Å². The predicted octanol–water partition coefficient (Wildman–Crippen LogP) is 3.97. The Morgan fingerprint density at radius 1 is 1.33 bits per heavy atom. The molecule has 3 heteroatoms. The fraction of sp³-hybridized carbons (Fsp3) is 0.611. The van der Waals surface area contributed by atoms with Gasteiger partial charge >= 0.3 is 0 Å². The Morgan fingerprint density at radius 2 is 2.00 bits per heavy atom. The highest BCUT2D eigenvalue weighted by Crippen LogP contribution is 2.37. The van der Waals surface area contributed by atoms with Crippen molar-refractivity contribution in [3.05, 3.63) is 29.3 Å². The second kappa shape index (κ2) is 6.49. The van der Waals surface area contributed by atoms with Gasteiger partial charge in [-0.05, 0) is 55.8 Å². The second-order valence-electron chi connectivity index (χ2n) is 6.96. The molecule has 0 amide bonds. The quantitative estimate of drug-likeness (QED) is 0.840. The van der Waals surface area contributed by atoms with E-state index in [1.807, 2.05) is 18.2 Å². The third-order valence-corrected chi connectivity index (χ3v) is 4.75. The molecule has 21 heavy (non-hydrogen) atoms. The van der Waals surface area contributed by atoms with Gasteiger partial charge in [-0.25, -0.2) is 0 Å². The monoisotopic (exact) mass is 286 g/mol. The van der Waals surface area contributed by atoms with Crippen molar-refractivity contribution in [3.63, 3.8) is 0 Å². The Morgan fingerprint density at radius 3 is 2.57 bits per heavy atom. The maximum Gasteiger partial charge on any atom is 0.136 e. The first-order valence-corrected chi connectivity index (χ1v) is 7.72. The minimum atomic E-state index is 0.509. The van der Waals surface area contributed by atoms with Gasteiger partial charge in [-0.2, -0.15) is 5.26 Å². The molecule has 114 valence electrons. The molecular weight excluding hydrogens is 260 g/mol. The molecule has 0 saturated heterocycles. The molecule has 1 saturated carbocycles. The van der Waals surface area contributed by atoms with Gasteiger partial charge in [-0.15, -0.1) is 0 Å². The molecule has 1 aliphatic carbocycles. The van der Waals surface area contributed by atoms with E-state index >= 15 is 0 Å². The first-order chi connectivity index (χ1) is 9.95. The maximum absolute atomic E-state index is 9.03. The van der Waals surface area contributed by atoms with E-state index in [2.05, 4.69) is 31.9 Å². The summed E-state index contributed by atoms with van der Waals surface area (Å²) in [4.78, 5) is 2.44. The molecule has 1 fully saturated rings. The molecule has 0 bridgehead atoms. The molecule has 0 N–H and O–H groups in total. The molecule has 2 rings (SSSR count). The highest BCUT2D eigenvalue weighted by molar-refractivity contribution is 5.45. The van der Waals surface area contributed by atoms with E-state index in [1.165, 1.54) is 31.2 Å². The van der Waals surface area contributed by atoms with Crippen molar-refractivity contribution in [2.75, 3.05) is 14.2 Å². The van der Waals surface area contributed by atoms with Crippen molar-refractivity contribution >= 4 is 0 Å². The molecule has 0 aliphatic heterocycles. The van der Waals surface area contributed by atoms with Gasteiger partial charge in [0.1, 0.15) is 11.8 Å². The summed E-state index contributed by atoms with van der Waals surface area (Å²) in [7, 11) is 3.82. The SMILES string of the molecule is COc1cc(CN(C)C2CCC(C)(C)CC2)ccc1C#N. The molecule has 0 aromatic heterocycles. The number of nitrogens with zero attached hydrogens (tertiary/aromatic N) is 2. The van der Waals surface area contributed by atoms with Gasteiger partial charge in [0, 0.05) is 12.6 Å². The van der Waals surface area contributed by atoms with Crippen LogP contribution in [0.25, 0.3) is 0 Å². The fourth-order valence-electron chi connectivity index (χ4n) is 3.17. The number of hydrogen-bond donors (Lipinski definition) is 0. The van der Waals surface area contributed by atoms with Gasteiger partial charge in [-0.1, -0.05) is 19.9 Å². The molecule has 1 aliphatic rings. The minimum Gasteiger partial charge on any atom is -0.495 e. The molecule has 0 radical (unpaired) electrons. The summed E-state index contributed by atoms with van der Waals surface area (Å²) in [5.74, 6) is 0.674. The van der Waals surface area contributed by atoms with Crippen LogP contribution >= 0.6 is 0 Å². The van der Waals surface area contributed by atoms with Crippen LogP contribution in [0, 0.1) is 16.7 Å². The van der Waals surface area contributed by atoms with E-state index in [0.717, 1.165) is 6.54 Å². The second-order valence-corrected chi connectivity index (χ2v) is 6.96. The van der Waals surface area contributed by atoms with E-state index in [4.69, 9.17) is 10.00 Å². The zero-order valence-corrected chi connectivity index (χ0v) is 13.6. The summed E-state index contributed by atoms with van der Waals surface area (Å²) in [5, 5.41) is 9.03. The van der Waals surface area contributed by atoms with Crippen LogP contribution < -0.4 is 4.74 Å². The van der Waals surface area contributed by atoms with Gasteiger partial charge in [-0.3, -0.25) is 4.90 Å². The summed E-state index contributed by atoms with van der Waals surface area (Å²) in [6.45, 7) is 5.65. The van der Waals surface area contributed by atoms with Crippen molar-refractivity contribution in [2.45, 2.75) is 52.1 Å². The van der Waals surface area contributed by atoms with E-state index in [1.54, 1.807) is 7.11 Å². The number of rotatable bonds is 4. The van der Waals surface area contributed by atoms with E-state index in [9.17, 15) is 0 Å². The lowest BCUT2D eigenvalue weighted by Crippen LogP contribution is -2.36. The zero-order valence-electron chi connectivity index (χ0n) is 13.6. The molecule has 3 nitrogen and oxygen atoms in total. The van der Waals surface area contributed by atoms with Crippen molar-refractivity contribution in [2.24, 2.45) is 5.41 Å². The number of ether oxygens (including phenoxy) is 1. The Labute approximate surface area is 128 Å². The zero-order chi connectivity index (χ0) is 15.5. The van der Waals surface area contributed by atoms with Crippen molar-refractivity contribution < 1.29 is 4.74 Å². The summed E-state index contributed by atoms with van der Waals surface area (Å²) in [6, 6.07) is 8.70. The summed E-state index contributed by atoms with van der Waals surface area (Å²) in [5.41, 5.74) is 2.32. The van der Waals surface area contributed by atoms with E-state index < -0.39 is 0 Å². The van der Waals surface area contributed by atoms with Crippen LogP contribution in [0.15, 0.2) is 18.2 Å². The van der Waals surface area contributed by atoms with Gasteiger partial charge in [0.25, 0.3) is 0 Å². The lowest BCUT2D eigenvalue weighted by Gasteiger charge is -2.38. The van der Waals surface area contributed by atoms with Gasteiger partial charge < -0.3 is 4.74 Å². The first kappa shape index (κ1) is 15.9. The van der Waals surface area contributed by atoms with Gasteiger partial charge in [0.2, 0.25) is 0 Å². The Hall–Kier alpha value is -1.53. The Kier molecular flexibility index (Phi) is 4.90. The minimum absolute atomic E-state index is 0.509. The highest BCUT2D eigenvalue weighted by atomic mass is 16.5. The van der Waals surface area contributed by atoms with Crippen LogP contribution in [-0.2, 0) is 6.54 Å². The highest BCUT2D eigenvalue weighted by Gasteiger charge is 2.28. The fourth-order valence-corrected chi connectivity index (χ4v) is 3.17. The van der Waals surface area contributed by atoms with E-state index in [-0.39, 0.29) is 0 Å².